The minimum Gasteiger partial charge on any atom is -0.396 e. The quantitative estimate of drug-likeness (QED) is 0.455. The molecule has 158 valence electrons. The molecule has 7 heteroatoms. The Morgan fingerprint density at radius 1 is 1.43 bits per heavy atom. The van der Waals surface area contributed by atoms with Gasteiger partial charge in [0.15, 0.2) is 5.96 Å². The van der Waals surface area contributed by atoms with Crippen molar-refractivity contribution >= 4 is 17.3 Å². The molecule has 2 unspecified atom stereocenters. The van der Waals surface area contributed by atoms with Gasteiger partial charge in [0.25, 0.3) is 0 Å². The molecule has 0 radical (unpaired) electrons. The number of nitrogens with zero attached hydrogens (tertiary/aromatic N) is 2. The van der Waals surface area contributed by atoms with E-state index in [2.05, 4.69) is 45.0 Å². The fourth-order valence-electron chi connectivity index (χ4n) is 4.23. The van der Waals surface area contributed by atoms with Crippen LogP contribution in [0, 0.1) is 11.3 Å². The number of guanidine groups is 1. The monoisotopic (exact) mass is 408 g/mol. The molecule has 2 aliphatic rings. The van der Waals surface area contributed by atoms with Gasteiger partial charge < -0.3 is 20.5 Å². The van der Waals surface area contributed by atoms with Gasteiger partial charge in [0.1, 0.15) is 0 Å². The molecule has 1 aromatic rings. The van der Waals surface area contributed by atoms with Crippen LogP contribution in [0.4, 0.5) is 0 Å². The van der Waals surface area contributed by atoms with E-state index in [9.17, 15) is 5.11 Å². The summed E-state index contributed by atoms with van der Waals surface area (Å²) in [6.07, 6.45) is 4.30. The Hall–Kier alpha value is -1.15. The largest absolute Gasteiger partial charge is 0.396 e. The van der Waals surface area contributed by atoms with Gasteiger partial charge in [-0.25, -0.2) is 0 Å². The summed E-state index contributed by atoms with van der Waals surface area (Å²) >= 11 is 1.84. The molecule has 0 aliphatic carbocycles. The smallest absolute Gasteiger partial charge is 0.191 e. The van der Waals surface area contributed by atoms with Crippen molar-refractivity contribution in [3.05, 3.63) is 22.4 Å². The molecule has 28 heavy (non-hydrogen) atoms. The topological polar surface area (TPSA) is 69.1 Å². The van der Waals surface area contributed by atoms with Gasteiger partial charge in [-0.3, -0.25) is 9.89 Å². The van der Waals surface area contributed by atoms with Crippen molar-refractivity contribution in [2.45, 2.75) is 38.6 Å². The number of piperidine rings is 1. The summed E-state index contributed by atoms with van der Waals surface area (Å²) in [5.74, 6) is 1.66. The van der Waals surface area contributed by atoms with E-state index in [4.69, 9.17) is 4.74 Å². The van der Waals surface area contributed by atoms with Crippen LogP contribution < -0.4 is 10.6 Å². The van der Waals surface area contributed by atoms with Crippen molar-refractivity contribution in [1.29, 1.82) is 0 Å². The number of rotatable bonds is 8. The van der Waals surface area contributed by atoms with Gasteiger partial charge in [0.05, 0.1) is 12.6 Å². The predicted molar refractivity (Wildman–Crippen MR) is 116 cm³/mol. The highest BCUT2D eigenvalue weighted by Gasteiger charge is 2.34. The van der Waals surface area contributed by atoms with Gasteiger partial charge in [-0.2, -0.15) is 0 Å². The highest BCUT2D eigenvalue weighted by Crippen LogP contribution is 2.31. The van der Waals surface area contributed by atoms with Gasteiger partial charge in [0.2, 0.25) is 0 Å². The van der Waals surface area contributed by atoms with Gasteiger partial charge in [0, 0.05) is 43.6 Å². The summed E-state index contributed by atoms with van der Waals surface area (Å²) < 4.78 is 5.60. The molecule has 6 nitrogen and oxygen atoms in total. The van der Waals surface area contributed by atoms with E-state index in [-0.39, 0.29) is 12.0 Å². The fourth-order valence-corrected chi connectivity index (χ4v) is 5.09. The molecule has 2 aliphatic heterocycles. The molecule has 2 atom stereocenters. The predicted octanol–water partition coefficient (Wildman–Crippen LogP) is 2.48. The lowest BCUT2D eigenvalue weighted by atomic mass is 9.84. The zero-order valence-corrected chi connectivity index (χ0v) is 18.1. The number of hydrogen-bond acceptors (Lipinski definition) is 5. The third-order valence-corrected chi connectivity index (χ3v) is 7.25. The second-order valence-electron chi connectivity index (χ2n) is 8.33. The first-order chi connectivity index (χ1) is 13.7. The Balaban J connectivity index is 1.56. The molecule has 0 aromatic carbocycles. The molecule has 2 saturated heterocycles. The zero-order chi connectivity index (χ0) is 19.8. The number of aliphatic hydroxyl groups is 1. The molecule has 3 heterocycles. The van der Waals surface area contributed by atoms with Crippen molar-refractivity contribution in [2.24, 2.45) is 16.3 Å². The van der Waals surface area contributed by atoms with E-state index in [1.54, 1.807) is 0 Å². The van der Waals surface area contributed by atoms with E-state index >= 15 is 0 Å². The Kier molecular flexibility index (Phi) is 8.14. The SMILES string of the molecule is CN=C(NCC(c1cccs1)N1CCC(C)CC1)NCC1(CCO)CCOC1. The summed E-state index contributed by atoms with van der Waals surface area (Å²) in [5, 5.41) is 18.6. The number of hydrogen-bond donors (Lipinski definition) is 3. The van der Waals surface area contributed by atoms with Crippen LogP contribution >= 0.6 is 11.3 Å². The average molecular weight is 409 g/mol. The number of nitrogens with one attached hydrogen (secondary N) is 2. The highest BCUT2D eigenvalue weighted by atomic mass is 32.1. The maximum Gasteiger partial charge on any atom is 0.191 e. The molecule has 1 aromatic heterocycles. The lowest BCUT2D eigenvalue weighted by Crippen LogP contribution is -2.47. The summed E-state index contributed by atoms with van der Waals surface area (Å²) in [7, 11) is 1.82. The van der Waals surface area contributed by atoms with Crippen molar-refractivity contribution < 1.29 is 9.84 Å². The van der Waals surface area contributed by atoms with E-state index in [1.165, 1.54) is 17.7 Å². The first-order valence-electron chi connectivity index (χ1n) is 10.6. The fraction of sp³-hybridized carbons (Fsp3) is 0.762. The summed E-state index contributed by atoms with van der Waals surface area (Å²) in [5.41, 5.74) is 0.0164. The Morgan fingerprint density at radius 2 is 2.25 bits per heavy atom. The molecule has 2 fully saturated rings. The second-order valence-corrected chi connectivity index (χ2v) is 9.31. The van der Waals surface area contributed by atoms with Crippen molar-refractivity contribution in [2.75, 3.05) is 53.0 Å². The van der Waals surface area contributed by atoms with Gasteiger partial charge >= 0.3 is 0 Å². The van der Waals surface area contributed by atoms with Crippen molar-refractivity contribution in [3.8, 4) is 0 Å². The molecule has 0 saturated carbocycles. The molecular weight excluding hydrogens is 372 g/mol. The van der Waals surface area contributed by atoms with Gasteiger partial charge in [-0.1, -0.05) is 13.0 Å². The normalized spacial score (nSPS) is 25.8. The number of thiophene rings is 1. The minimum absolute atomic E-state index is 0.0164. The van der Waals surface area contributed by atoms with Gasteiger partial charge in [-0.15, -0.1) is 11.3 Å². The van der Waals surface area contributed by atoms with E-state index < -0.39 is 0 Å². The molecular formula is C21H36N4O2S. The van der Waals surface area contributed by atoms with Crippen LogP contribution in [-0.2, 0) is 4.74 Å². The van der Waals surface area contributed by atoms with Crippen LogP contribution in [-0.4, -0.2) is 69.0 Å². The maximum atomic E-state index is 9.43. The van der Waals surface area contributed by atoms with Gasteiger partial charge in [-0.05, 0) is 56.1 Å². The molecule has 3 N–H and O–H groups in total. The maximum absolute atomic E-state index is 9.43. The molecule has 0 amide bonds. The molecule has 0 spiro atoms. The Labute approximate surface area is 173 Å². The van der Waals surface area contributed by atoms with E-state index in [0.29, 0.717) is 12.6 Å². The van der Waals surface area contributed by atoms with Crippen molar-refractivity contribution in [1.82, 2.24) is 15.5 Å². The van der Waals surface area contributed by atoms with Crippen LogP contribution in [0.1, 0.15) is 43.5 Å². The third-order valence-electron chi connectivity index (χ3n) is 6.28. The van der Waals surface area contributed by atoms with Crippen molar-refractivity contribution in [3.63, 3.8) is 0 Å². The van der Waals surface area contributed by atoms with Crippen LogP contribution in [0.15, 0.2) is 22.5 Å². The summed E-state index contributed by atoms with van der Waals surface area (Å²) in [4.78, 5) is 8.46. The molecule has 0 bridgehead atoms. The van der Waals surface area contributed by atoms with Crippen LogP contribution in [0.25, 0.3) is 0 Å². The summed E-state index contributed by atoms with van der Waals surface area (Å²) in [6.45, 7) is 7.99. The highest BCUT2D eigenvalue weighted by molar-refractivity contribution is 7.10. The molecule has 3 rings (SSSR count). The van der Waals surface area contributed by atoms with Crippen LogP contribution in [0.2, 0.25) is 0 Å². The minimum atomic E-state index is 0.0164. The second kappa shape index (κ2) is 10.6. The van der Waals surface area contributed by atoms with Crippen LogP contribution in [0.5, 0.6) is 0 Å². The van der Waals surface area contributed by atoms with E-state index in [1.807, 2.05) is 18.4 Å². The standard InChI is InChI=1S/C21H36N4O2S/c1-17-5-9-25(10-6-17)18(19-4-3-13-28-19)14-23-20(22-2)24-15-21(7-11-26)8-12-27-16-21/h3-4,13,17-18,26H,5-12,14-16H2,1-2H3,(H2,22,23,24). The first-order valence-corrected chi connectivity index (χ1v) is 11.4. The lowest BCUT2D eigenvalue weighted by Gasteiger charge is -2.36. The lowest BCUT2D eigenvalue weighted by molar-refractivity contribution is 0.127. The van der Waals surface area contributed by atoms with E-state index in [0.717, 1.165) is 57.5 Å². The average Bonchev–Trinajstić information content (AvgIpc) is 3.39. The Bertz CT molecular complexity index is 594. The number of likely N-dealkylation sites (tertiary alicyclic amines) is 1. The summed E-state index contributed by atoms with van der Waals surface area (Å²) in [6, 6.07) is 4.77. The Morgan fingerprint density at radius 3 is 2.86 bits per heavy atom. The first kappa shape index (κ1) is 21.6. The van der Waals surface area contributed by atoms with Crippen LogP contribution in [0.3, 0.4) is 0 Å². The third kappa shape index (κ3) is 5.69. The zero-order valence-electron chi connectivity index (χ0n) is 17.3. The number of aliphatic hydroxyl groups excluding tert-OH is 1. The number of aliphatic imine (C=N–C) groups is 1. The number of ether oxygens (including phenoxy) is 1.